The molecule has 56 heavy (non-hydrogen) atoms. The molecule has 1 atom stereocenters. The Hall–Kier alpha value is -3.38. The second kappa shape index (κ2) is 16.1. The number of hydrogen-bond acceptors (Lipinski definition) is 8. The molecule has 0 spiro atoms. The molecule has 0 saturated carbocycles. The van der Waals surface area contributed by atoms with Gasteiger partial charge in [0, 0.05) is 50.8 Å². The van der Waals surface area contributed by atoms with Gasteiger partial charge in [-0.1, -0.05) is 94.3 Å². The van der Waals surface area contributed by atoms with E-state index in [-0.39, 0.29) is 29.5 Å². The molecule has 1 aromatic heterocycles. The molecule has 0 fully saturated rings. The van der Waals surface area contributed by atoms with Gasteiger partial charge in [-0.05, 0) is 81.3 Å². The van der Waals surface area contributed by atoms with Gasteiger partial charge in [0.15, 0.2) is 7.50 Å². The van der Waals surface area contributed by atoms with Crippen molar-refractivity contribution in [1.29, 1.82) is 0 Å². The normalized spacial score (nSPS) is 13.2. The smallest absolute Gasteiger partial charge is 0.453 e. The Bertz CT molecular complexity index is 2200. The van der Waals surface area contributed by atoms with Gasteiger partial charge in [-0.3, -0.25) is 0 Å². The van der Waals surface area contributed by atoms with Crippen molar-refractivity contribution >= 4 is 48.9 Å². The predicted molar refractivity (Wildman–Crippen MR) is 233 cm³/mol. The third-order valence-electron chi connectivity index (χ3n) is 9.79. The van der Waals surface area contributed by atoms with Crippen LogP contribution >= 0.6 is 27.0 Å². The third-order valence-corrected chi connectivity index (χ3v) is 11.4. The highest BCUT2D eigenvalue weighted by Gasteiger charge is 2.32. The van der Waals surface area contributed by atoms with Crippen LogP contribution in [0.3, 0.4) is 0 Å². The van der Waals surface area contributed by atoms with Gasteiger partial charge in [-0.25, -0.2) is 0 Å². The lowest BCUT2D eigenvalue weighted by Crippen LogP contribution is -2.15. The highest BCUT2D eigenvalue weighted by Crippen LogP contribution is 2.55. The zero-order valence-corrected chi connectivity index (χ0v) is 38.2. The first-order valence-corrected chi connectivity index (χ1v) is 22.6. The Morgan fingerprint density at radius 1 is 0.571 bits per heavy atom. The molecule has 2 N–H and O–H groups in total. The molecule has 11 heteroatoms. The third kappa shape index (κ3) is 9.16. The summed E-state index contributed by atoms with van der Waals surface area (Å²) >= 11 is 6.67. The largest absolute Gasteiger partial charge is 0.497 e. The maximum atomic E-state index is 10.5. The Morgan fingerprint density at radius 2 is 0.946 bits per heavy atom. The topological polar surface area (TPSA) is 104 Å². The average Bonchev–Trinajstić information content (AvgIpc) is 3.24. The van der Waals surface area contributed by atoms with E-state index in [2.05, 4.69) is 83.1 Å². The van der Waals surface area contributed by atoms with Gasteiger partial charge < -0.3 is 37.1 Å². The number of ether oxygens (including phenoxy) is 2. The van der Waals surface area contributed by atoms with Crippen LogP contribution in [0.2, 0.25) is 0 Å². The maximum Gasteiger partial charge on any atom is 0.453 e. The second-order valence-corrected chi connectivity index (χ2v) is 21.9. The van der Waals surface area contributed by atoms with E-state index in [9.17, 15) is 10.2 Å². The summed E-state index contributed by atoms with van der Waals surface area (Å²) in [6.07, 6.45) is 0. The second-order valence-electron chi connectivity index (χ2n) is 18.5. The van der Waals surface area contributed by atoms with Crippen molar-refractivity contribution in [2.24, 2.45) is 0 Å². The van der Waals surface area contributed by atoms with Crippen molar-refractivity contribution in [1.82, 2.24) is 0 Å². The quantitative estimate of drug-likeness (QED) is 0.142. The number of aliphatic hydroxyl groups excluding tert-OH is 2. The number of methoxy groups -OCH3 is 2. The predicted octanol–water partition coefficient (Wildman–Crippen LogP) is 13.6. The zero-order valence-electron chi connectivity index (χ0n) is 35.6. The molecular formula is C45H59ClO8P2. The summed E-state index contributed by atoms with van der Waals surface area (Å²) in [4.78, 5) is 0. The minimum absolute atomic E-state index is 0.155. The Kier molecular flexibility index (Phi) is 12.6. The molecule has 0 aliphatic carbocycles. The summed E-state index contributed by atoms with van der Waals surface area (Å²) in [6, 6.07) is 15.8. The summed E-state index contributed by atoms with van der Waals surface area (Å²) in [5.74, 6) is 2.45. The average molecular weight is 825 g/mol. The number of aliphatic hydroxyl groups is 2. The first-order chi connectivity index (χ1) is 25.9. The van der Waals surface area contributed by atoms with Crippen LogP contribution in [-0.2, 0) is 34.9 Å². The minimum atomic E-state index is -2.21. The molecule has 304 valence electrons. The van der Waals surface area contributed by atoms with Crippen molar-refractivity contribution < 1.29 is 37.1 Å². The molecule has 5 aromatic rings. The van der Waals surface area contributed by atoms with Crippen molar-refractivity contribution in [3.63, 3.8) is 0 Å². The highest BCUT2D eigenvalue weighted by molar-refractivity contribution is 7.79. The molecule has 1 unspecified atom stereocenters. The van der Waals surface area contributed by atoms with E-state index >= 15 is 0 Å². The van der Waals surface area contributed by atoms with Crippen LogP contribution in [0.4, 0.5) is 0 Å². The monoisotopic (exact) mass is 824 g/mol. The Balaban J connectivity index is 2.04. The minimum Gasteiger partial charge on any atom is -0.497 e. The molecule has 5 rings (SSSR count). The Labute approximate surface area is 339 Å². The fourth-order valence-electron chi connectivity index (χ4n) is 6.83. The molecule has 8 nitrogen and oxygen atoms in total. The summed E-state index contributed by atoms with van der Waals surface area (Å²) in [7, 11) is -0.260. The van der Waals surface area contributed by atoms with E-state index in [0.717, 1.165) is 49.7 Å². The molecule has 0 aliphatic rings. The van der Waals surface area contributed by atoms with Crippen molar-refractivity contribution in [3.05, 3.63) is 81.9 Å². The van der Waals surface area contributed by atoms with Crippen LogP contribution < -0.4 is 18.5 Å². The van der Waals surface area contributed by atoms with Crippen LogP contribution in [0.5, 0.6) is 23.0 Å². The number of rotatable bonds is 9. The number of fused-ring (bicyclic) bond motifs is 3. The van der Waals surface area contributed by atoms with E-state index in [4.69, 9.17) is 38.2 Å². The van der Waals surface area contributed by atoms with Crippen LogP contribution in [0, 0.1) is 0 Å². The van der Waals surface area contributed by atoms with Crippen molar-refractivity contribution in [3.8, 4) is 34.1 Å². The molecule has 0 aliphatic heterocycles. The van der Waals surface area contributed by atoms with E-state index in [1.807, 2.05) is 55.2 Å². The van der Waals surface area contributed by atoms with Crippen LogP contribution in [-0.4, -0.2) is 31.1 Å². The van der Waals surface area contributed by atoms with Gasteiger partial charge in [0.1, 0.15) is 34.2 Å². The lowest BCUT2D eigenvalue weighted by atomic mass is 9.81. The summed E-state index contributed by atoms with van der Waals surface area (Å²) in [5.41, 5.74) is 6.10. The summed E-state index contributed by atoms with van der Waals surface area (Å²) < 4.78 is 39.7. The lowest BCUT2D eigenvalue weighted by Gasteiger charge is -2.29. The van der Waals surface area contributed by atoms with Crippen LogP contribution in [0.1, 0.15) is 116 Å². The maximum absolute atomic E-state index is 10.5. The standard InChI is InChI=1S/C45H59ClO8P2/c1-42(2,3)34-18-26(24-47)16-30-31-17-27(25-48)19-35(43(4,5)6)40(31)53-56(52-39(30)34)54-41-33(21-29(50-14)23-37(41)45(10,11)12)32-20-28(49-13)22-36(44(7,8)9)38(32)51-55(15)46/h16-23,47-48H,24-25H2,1-15H3. The van der Waals surface area contributed by atoms with Crippen molar-refractivity contribution in [2.75, 3.05) is 20.9 Å². The highest BCUT2D eigenvalue weighted by atomic mass is 35.7. The van der Waals surface area contributed by atoms with Gasteiger partial charge in [0.25, 0.3) is 0 Å². The van der Waals surface area contributed by atoms with E-state index in [1.165, 1.54) is 0 Å². The molecule has 0 amide bonds. The van der Waals surface area contributed by atoms with E-state index in [0.29, 0.717) is 39.7 Å². The Morgan fingerprint density at radius 3 is 1.29 bits per heavy atom. The number of hydrogen-bond donors (Lipinski definition) is 2. The van der Waals surface area contributed by atoms with E-state index in [1.54, 1.807) is 14.2 Å². The number of benzene rings is 4. The molecule has 0 bridgehead atoms. The first-order valence-electron chi connectivity index (χ1n) is 18.8. The molecular weight excluding hydrogens is 766 g/mol. The molecule has 1 heterocycles. The van der Waals surface area contributed by atoms with Crippen LogP contribution in [0.25, 0.3) is 33.1 Å². The summed E-state index contributed by atoms with van der Waals surface area (Å²) in [6.45, 7) is 27.0. The zero-order chi connectivity index (χ0) is 41.7. The van der Waals surface area contributed by atoms with E-state index < -0.39 is 21.2 Å². The van der Waals surface area contributed by atoms with Gasteiger partial charge in [0.05, 0.1) is 27.4 Å². The lowest BCUT2D eigenvalue weighted by molar-refractivity contribution is 0.281. The molecule has 4 aromatic carbocycles. The number of halogens is 1. The first kappa shape index (κ1) is 43.7. The fourth-order valence-corrected chi connectivity index (χ4v) is 8.63. The fraction of sp³-hybridized carbons (Fsp3) is 0.467. The van der Waals surface area contributed by atoms with Gasteiger partial charge in [0.2, 0.25) is 0 Å². The summed E-state index contributed by atoms with van der Waals surface area (Å²) in [5, 5.41) is 22.5. The SMILES string of the molecule is COc1cc(-c2cc(OC)cc(C(C)(C)C)c2Op2oc3c(C(C)(C)C)cc(CO)cc3c3cc(CO)cc(C(C)(C)C)c3o2)c(OP(C)Cl)c(C(C)(C)C)c1. The van der Waals surface area contributed by atoms with Crippen LogP contribution in [0.15, 0.2) is 56.9 Å². The molecule has 0 saturated heterocycles. The van der Waals surface area contributed by atoms with Gasteiger partial charge in [-0.2, -0.15) is 0 Å². The van der Waals surface area contributed by atoms with Gasteiger partial charge in [-0.15, -0.1) is 0 Å². The van der Waals surface area contributed by atoms with Crippen molar-refractivity contribution in [2.45, 2.75) is 118 Å². The molecule has 0 radical (unpaired) electrons. The van der Waals surface area contributed by atoms with Gasteiger partial charge >= 0.3 is 8.24 Å².